The third-order valence-corrected chi connectivity index (χ3v) is 4.11. The molecule has 0 fully saturated rings. The molecule has 1 aromatic carbocycles. The van der Waals surface area contributed by atoms with E-state index in [-0.39, 0.29) is 0 Å². The number of nitrogens with one attached hydrogen (secondary N) is 1. The fourth-order valence-electron chi connectivity index (χ4n) is 3.04. The highest BCUT2D eigenvalue weighted by atomic mass is 16.3. The standard InChI is InChI=1S/C17H21NO/c1-3-13-7-4-6-12(2)17(13)18-15-8-5-9-16-14(15)10-11-19-16/h4,6-7,10-11,15,18H,3,5,8-9H2,1-2H3. The van der Waals surface area contributed by atoms with Crippen LogP contribution in [0.15, 0.2) is 34.9 Å². The molecular weight excluding hydrogens is 234 g/mol. The van der Waals surface area contributed by atoms with E-state index in [1.54, 1.807) is 0 Å². The zero-order chi connectivity index (χ0) is 13.2. The Balaban J connectivity index is 1.91. The molecule has 3 rings (SSSR count). The molecule has 0 spiro atoms. The van der Waals surface area contributed by atoms with Crippen molar-refractivity contribution in [1.29, 1.82) is 0 Å². The Morgan fingerprint density at radius 3 is 3.05 bits per heavy atom. The van der Waals surface area contributed by atoms with Crippen LogP contribution in [0.3, 0.4) is 0 Å². The number of hydrogen-bond donors (Lipinski definition) is 1. The van der Waals surface area contributed by atoms with Gasteiger partial charge in [0.05, 0.1) is 12.3 Å². The molecule has 19 heavy (non-hydrogen) atoms. The van der Waals surface area contributed by atoms with Crippen LogP contribution in [0, 0.1) is 6.92 Å². The molecule has 1 N–H and O–H groups in total. The molecule has 1 aromatic heterocycles. The van der Waals surface area contributed by atoms with E-state index in [2.05, 4.69) is 43.4 Å². The largest absolute Gasteiger partial charge is 0.469 e. The van der Waals surface area contributed by atoms with Crippen LogP contribution in [-0.2, 0) is 12.8 Å². The lowest BCUT2D eigenvalue weighted by Gasteiger charge is -2.26. The highest BCUT2D eigenvalue weighted by Gasteiger charge is 2.23. The van der Waals surface area contributed by atoms with Crippen molar-refractivity contribution in [2.45, 2.75) is 45.6 Å². The van der Waals surface area contributed by atoms with Gasteiger partial charge in [-0.1, -0.05) is 25.1 Å². The molecule has 1 aliphatic rings. The van der Waals surface area contributed by atoms with Crippen LogP contribution in [0.2, 0.25) is 0 Å². The molecule has 2 heteroatoms. The molecule has 1 heterocycles. The van der Waals surface area contributed by atoms with Crippen molar-refractivity contribution in [2.24, 2.45) is 0 Å². The molecule has 0 amide bonds. The molecule has 0 aliphatic heterocycles. The Labute approximate surface area is 114 Å². The van der Waals surface area contributed by atoms with Crippen LogP contribution in [0.1, 0.15) is 48.3 Å². The van der Waals surface area contributed by atoms with Gasteiger partial charge in [0.25, 0.3) is 0 Å². The summed E-state index contributed by atoms with van der Waals surface area (Å²) in [7, 11) is 0. The first-order valence-corrected chi connectivity index (χ1v) is 7.21. The lowest BCUT2D eigenvalue weighted by atomic mass is 9.92. The molecule has 1 aliphatic carbocycles. The maximum atomic E-state index is 5.57. The molecule has 0 saturated carbocycles. The summed E-state index contributed by atoms with van der Waals surface area (Å²) in [5, 5.41) is 3.75. The minimum atomic E-state index is 0.397. The van der Waals surface area contributed by atoms with Gasteiger partial charge in [0, 0.05) is 17.7 Å². The van der Waals surface area contributed by atoms with Crippen LogP contribution < -0.4 is 5.32 Å². The maximum absolute atomic E-state index is 5.57. The first kappa shape index (κ1) is 12.3. The number of benzene rings is 1. The second-order valence-corrected chi connectivity index (χ2v) is 5.35. The fraction of sp³-hybridized carbons (Fsp3) is 0.412. The predicted molar refractivity (Wildman–Crippen MR) is 78.6 cm³/mol. The monoisotopic (exact) mass is 255 g/mol. The molecule has 0 saturated heterocycles. The van der Waals surface area contributed by atoms with Crippen molar-refractivity contribution >= 4 is 5.69 Å². The highest BCUT2D eigenvalue weighted by Crippen LogP contribution is 2.35. The smallest absolute Gasteiger partial charge is 0.109 e. The summed E-state index contributed by atoms with van der Waals surface area (Å²) in [5.41, 5.74) is 5.38. The van der Waals surface area contributed by atoms with Crippen LogP contribution in [0.4, 0.5) is 5.69 Å². The van der Waals surface area contributed by atoms with Crippen molar-refractivity contribution in [3.8, 4) is 0 Å². The first-order chi connectivity index (χ1) is 9.29. The topological polar surface area (TPSA) is 25.2 Å². The van der Waals surface area contributed by atoms with E-state index in [0.717, 1.165) is 18.6 Å². The number of furan rings is 1. The summed E-state index contributed by atoms with van der Waals surface area (Å²) in [4.78, 5) is 0. The Morgan fingerprint density at radius 1 is 1.32 bits per heavy atom. The summed E-state index contributed by atoms with van der Waals surface area (Å²) in [6, 6.07) is 9.06. The summed E-state index contributed by atoms with van der Waals surface area (Å²) in [6.45, 7) is 4.39. The van der Waals surface area contributed by atoms with E-state index >= 15 is 0 Å². The van der Waals surface area contributed by atoms with Crippen molar-refractivity contribution < 1.29 is 4.42 Å². The summed E-state index contributed by atoms with van der Waals surface area (Å²) < 4.78 is 5.57. The van der Waals surface area contributed by atoms with E-state index in [0.29, 0.717) is 6.04 Å². The van der Waals surface area contributed by atoms with Gasteiger partial charge in [-0.3, -0.25) is 0 Å². The Kier molecular flexibility index (Phi) is 3.33. The summed E-state index contributed by atoms with van der Waals surface area (Å²) in [5.74, 6) is 1.16. The predicted octanol–water partition coefficient (Wildman–Crippen LogP) is 4.64. The first-order valence-electron chi connectivity index (χ1n) is 7.21. The van der Waals surface area contributed by atoms with Gasteiger partial charge in [-0.2, -0.15) is 0 Å². The minimum absolute atomic E-state index is 0.397. The van der Waals surface area contributed by atoms with Crippen LogP contribution in [-0.4, -0.2) is 0 Å². The van der Waals surface area contributed by atoms with E-state index in [1.807, 2.05) is 6.26 Å². The summed E-state index contributed by atoms with van der Waals surface area (Å²) >= 11 is 0. The van der Waals surface area contributed by atoms with Gasteiger partial charge in [-0.15, -0.1) is 0 Å². The zero-order valence-corrected chi connectivity index (χ0v) is 11.7. The molecule has 1 atom stereocenters. The molecule has 1 unspecified atom stereocenters. The SMILES string of the molecule is CCc1cccc(C)c1NC1CCCc2occc21. The molecule has 0 bridgehead atoms. The van der Waals surface area contributed by atoms with E-state index < -0.39 is 0 Å². The molecule has 100 valence electrons. The Morgan fingerprint density at radius 2 is 2.21 bits per heavy atom. The highest BCUT2D eigenvalue weighted by molar-refractivity contribution is 5.58. The van der Waals surface area contributed by atoms with Crippen molar-refractivity contribution in [3.05, 3.63) is 53.0 Å². The lowest BCUT2D eigenvalue weighted by Crippen LogP contribution is -2.17. The quantitative estimate of drug-likeness (QED) is 0.864. The minimum Gasteiger partial charge on any atom is -0.469 e. The number of anilines is 1. The van der Waals surface area contributed by atoms with Gasteiger partial charge in [-0.25, -0.2) is 0 Å². The number of fused-ring (bicyclic) bond motifs is 1. The molecule has 0 radical (unpaired) electrons. The van der Waals surface area contributed by atoms with Crippen molar-refractivity contribution in [3.63, 3.8) is 0 Å². The van der Waals surface area contributed by atoms with Crippen molar-refractivity contribution in [1.82, 2.24) is 0 Å². The third kappa shape index (κ3) is 2.27. The Bertz CT molecular complexity index is 570. The zero-order valence-electron chi connectivity index (χ0n) is 11.7. The fourth-order valence-corrected chi connectivity index (χ4v) is 3.04. The van der Waals surface area contributed by atoms with Crippen molar-refractivity contribution in [2.75, 3.05) is 5.32 Å². The average molecular weight is 255 g/mol. The van der Waals surface area contributed by atoms with Crippen LogP contribution in [0.25, 0.3) is 0 Å². The van der Waals surface area contributed by atoms with Gasteiger partial charge in [0.2, 0.25) is 0 Å². The summed E-state index contributed by atoms with van der Waals surface area (Å²) in [6.07, 6.45) is 6.35. The van der Waals surface area contributed by atoms with E-state index in [4.69, 9.17) is 4.42 Å². The maximum Gasteiger partial charge on any atom is 0.109 e. The molecule has 2 aromatic rings. The second kappa shape index (κ2) is 5.12. The van der Waals surface area contributed by atoms with E-state index in [1.165, 1.54) is 35.2 Å². The second-order valence-electron chi connectivity index (χ2n) is 5.35. The number of hydrogen-bond acceptors (Lipinski definition) is 2. The Hall–Kier alpha value is -1.70. The molecule has 2 nitrogen and oxygen atoms in total. The molecular formula is C17H21NO. The number of rotatable bonds is 3. The third-order valence-electron chi connectivity index (χ3n) is 4.11. The van der Waals surface area contributed by atoms with Gasteiger partial charge in [-0.05, 0) is 43.4 Å². The normalized spacial score (nSPS) is 18.1. The van der Waals surface area contributed by atoms with Gasteiger partial charge < -0.3 is 9.73 Å². The number of aryl methyl sites for hydroxylation is 3. The lowest BCUT2D eigenvalue weighted by molar-refractivity contribution is 0.461. The van der Waals surface area contributed by atoms with Crippen LogP contribution >= 0.6 is 0 Å². The van der Waals surface area contributed by atoms with Gasteiger partial charge >= 0.3 is 0 Å². The van der Waals surface area contributed by atoms with Crippen LogP contribution in [0.5, 0.6) is 0 Å². The number of para-hydroxylation sites is 1. The van der Waals surface area contributed by atoms with Gasteiger partial charge in [0.15, 0.2) is 0 Å². The van der Waals surface area contributed by atoms with Gasteiger partial charge in [0.1, 0.15) is 5.76 Å². The van der Waals surface area contributed by atoms with E-state index in [9.17, 15) is 0 Å². The average Bonchev–Trinajstić information content (AvgIpc) is 2.90.